The number of carbonyl (C=O) groups excluding carboxylic acids is 1. The molecule has 1 aliphatic heterocycles. The smallest absolute Gasteiger partial charge is 0.290 e. The molecule has 2 fully saturated rings. The van der Waals surface area contributed by atoms with Gasteiger partial charge in [0.25, 0.3) is 5.91 Å². The summed E-state index contributed by atoms with van der Waals surface area (Å²) in [6.45, 7) is 3.95. The fourth-order valence-electron chi connectivity index (χ4n) is 3.90. The summed E-state index contributed by atoms with van der Waals surface area (Å²) in [6, 6.07) is 0. The van der Waals surface area contributed by atoms with Crippen molar-refractivity contribution in [2.24, 2.45) is 12.5 Å². The van der Waals surface area contributed by atoms with Crippen LogP contribution in [0.3, 0.4) is 0 Å². The summed E-state index contributed by atoms with van der Waals surface area (Å²) >= 11 is 0. The molecule has 2 aliphatic rings. The highest BCUT2D eigenvalue weighted by molar-refractivity contribution is 5.90. The van der Waals surface area contributed by atoms with Crippen molar-refractivity contribution in [3.63, 3.8) is 0 Å². The zero-order valence-corrected chi connectivity index (χ0v) is 13.6. The largest absolute Gasteiger partial charge is 0.348 e. The van der Waals surface area contributed by atoms with Crippen LogP contribution in [-0.2, 0) is 7.05 Å². The number of likely N-dealkylation sites (tertiary alicyclic amines) is 1. The van der Waals surface area contributed by atoms with Crippen LogP contribution in [0.25, 0.3) is 0 Å². The first-order valence-corrected chi connectivity index (χ1v) is 8.53. The number of hydrogen-bond donors (Lipinski definition) is 1. The normalized spacial score (nSPS) is 21.9. The maximum absolute atomic E-state index is 11.9. The molecule has 1 aliphatic carbocycles. The summed E-state index contributed by atoms with van der Waals surface area (Å²) in [4.78, 5) is 18.3. The molecule has 1 aromatic rings. The topological polar surface area (TPSA) is 63.1 Å². The quantitative estimate of drug-likeness (QED) is 0.917. The van der Waals surface area contributed by atoms with Crippen LogP contribution in [0.15, 0.2) is 6.33 Å². The fourth-order valence-corrected chi connectivity index (χ4v) is 3.90. The van der Waals surface area contributed by atoms with E-state index in [1.54, 1.807) is 18.1 Å². The highest BCUT2D eigenvalue weighted by Crippen LogP contribution is 2.44. The van der Waals surface area contributed by atoms with Gasteiger partial charge in [0, 0.05) is 20.1 Å². The van der Waals surface area contributed by atoms with Gasteiger partial charge in [0.2, 0.25) is 5.82 Å². The molecule has 1 spiro atoms. The monoisotopic (exact) mass is 305 g/mol. The van der Waals surface area contributed by atoms with Crippen LogP contribution in [0.4, 0.5) is 0 Å². The first-order chi connectivity index (χ1) is 10.7. The van der Waals surface area contributed by atoms with Crippen molar-refractivity contribution in [2.75, 3.05) is 26.2 Å². The predicted octanol–water partition coefficient (Wildman–Crippen LogP) is 1.59. The summed E-state index contributed by atoms with van der Waals surface area (Å²) in [6.07, 6.45) is 11.4. The van der Waals surface area contributed by atoms with Crippen LogP contribution >= 0.6 is 0 Å². The molecule has 1 saturated carbocycles. The number of piperidine rings is 1. The molecule has 0 atom stereocenters. The lowest BCUT2D eigenvalue weighted by molar-refractivity contribution is 0.0672. The fraction of sp³-hybridized carbons (Fsp3) is 0.812. The Bertz CT molecular complexity index is 496. The van der Waals surface area contributed by atoms with E-state index in [1.807, 2.05) is 0 Å². The Labute approximate surface area is 132 Å². The Morgan fingerprint density at radius 2 is 1.95 bits per heavy atom. The van der Waals surface area contributed by atoms with Crippen LogP contribution in [-0.4, -0.2) is 51.8 Å². The molecule has 122 valence electrons. The molecule has 6 nitrogen and oxygen atoms in total. The first kappa shape index (κ1) is 15.5. The van der Waals surface area contributed by atoms with E-state index in [0.717, 1.165) is 6.54 Å². The van der Waals surface area contributed by atoms with E-state index < -0.39 is 0 Å². The molecule has 0 radical (unpaired) electrons. The number of aryl methyl sites for hydroxylation is 1. The third kappa shape index (κ3) is 3.66. The Kier molecular flexibility index (Phi) is 4.76. The summed E-state index contributed by atoms with van der Waals surface area (Å²) in [5, 5.41) is 6.92. The summed E-state index contributed by atoms with van der Waals surface area (Å²) in [7, 11) is 1.76. The Morgan fingerprint density at radius 1 is 1.23 bits per heavy atom. The third-order valence-corrected chi connectivity index (χ3v) is 5.35. The van der Waals surface area contributed by atoms with Crippen molar-refractivity contribution in [1.29, 1.82) is 0 Å². The number of rotatable bonds is 4. The Hall–Kier alpha value is -1.43. The summed E-state index contributed by atoms with van der Waals surface area (Å²) in [5.41, 5.74) is 0.649. The molecule has 6 heteroatoms. The predicted molar refractivity (Wildman–Crippen MR) is 84.5 cm³/mol. The van der Waals surface area contributed by atoms with E-state index in [2.05, 4.69) is 20.3 Å². The van der Waals surface area contributed by atoms with Crippen LogP contribution in [0, 0.1) is 5.41 Å². The van der Waals surface area contributed by atoms with E-state index in [4.69, 9.17) is 0 Å². The highest BCUT2D eigenvalue weighted by atomic mass is 16.2. The van der Waals surface area contributed by atoms with E-state index in [-0.39, 0.29) is 11.7 Å². The Balaban J connectivity index is 1.37. The maximum atomic E-state index is 11.9. The second-order valence-electron chi connectivity index (χ2n) is 6.90. The second kappa shape index (κ2) is 6.77. The molecular weight excluding hydrogens is 278 g/mol. The molecule has 0 bridgehead atoms. The van der Waals surface area contributed by atoms with Gasteiger partial charge in [-0.05, 0) is 44.2 Å². The van der Waals surface area contributed by atoms with Gasteiger partial charge in [-0.1, -0.05) is 19.3 Å². The zero-order valence-electron chi connectivity index (χ0n) is 13.6. The highest BCUT2D eigenvalue weighted by Gasteiger charge is 2.35. The van der Waals surface area contributed by atoms with Crippen molar-refractivity contribution < 1.29 is 4.79 Å². The van der Waals surface area contributed by atoms with Crippen LogP contribution in [0.1, 0.15) is 55.6 Å². The van der Waals surface area contributed by atoms with E-state index >= 15 is 0 Å². The summed E-state index contributed by atoms with van der Waals surface area (Å²) < 4.78 is 1.54. The average Bonchev–Trinajstić information content (AvgIpc) is 2.97. The van der Waals surface area contributed by atoms with E-state index in [1.165, 1.54) is 58.0 Å². The van der Waals surface area contributed by atoms with Gasteiger partial charge in [-0.2, -0.15) is 0 Å². The Morgan fingerprint density at radius 3 is 2.59 bits per heavy atom. The molecule has 0 unspecified atom stereocenters. The van der Waals surface area contributed by atoms with Gasteiger partial charge in [-0.3, -0.25) is 9.48 Å². The van der Waals surface area contributed by atoms with Crippen molar-refractivity contribution in [1.82, 2.24) is 25.0 Å². The number of carbonyl (C=O) groups is 1. The van der Waals surface area contributed by atoms with Crippen molar-refractivity contribution >= 4 is 5.91 Å². The molecule has 1 aromatic heterocycles. The van der Waals surface area contributed by atoms with Gasteiger partial charge in [-0.15, -0.1) is 5.10 Å². The van der Waals surface area contributed by atoms with Crippen LogP contribution < -0.4 is 5.32 Å². The van der Waals surface area contributed by atoms with Gasteiger partial charge >= 0.3 is 0 Å². The molecule has 1 amide bonds. The SMILES string of the molecule is Cn1cnc(C(=O)NCCN2CCC3(CCCCC3)CC2)n1. The second-order valence-corrected chi connectivity index (χ2v) is 6.90. The van der Waals surface area contributed by atoms with E-state index in [0.29, 0.717) is 12.0 Å². The molecule has 3 rings (SSSR count). The van der Waals surface area contributed by atoms with Gasteiger partial charge < -0.3 is 10.2 Å². The van der Waals surface area contributed by atoms with Crippen LogP contribution in [0.5, 0.6) is 0 Å². The lowest BCUT2D eigenvalue weighted by Gasteiger charge is -2.44. The standard InChI is InChI=1S/C16H27N5O/c1-20-13-18-14(19-20)15(22)17-9-12-21-10-7-16(8-11-21)5-3-2-4-6-16/h13H,2-12H2,1H3,(H,17,22). The molecule has 22 heavy (non-hydrogen) atoms. The third-order valence-electron chi connectivity index (χ3n) is 5.35. The molecular formula is C16H27N5O. The number of amides is 1. The molecule has 0 aromatic carbocycles. The lowest BCUT2D eigenvalue weighted by Crippen LogP contribution is -2.44. The number of hydrogen-bond acceptors (Lipinski definition) is 4. The van der Waals surface area contributed by atoms with Crippen molar-refractivity contribution in [3.05, 3.63) is 12.2 Å². The van der Waals surface area contributed by atoms with Gasteiger partial charge in [0.05, 0.1) is 0 Å². The van der Waals surface area contributed by atoms with Crippen molar-refractivity contribution in [2.45, 2.75) is 44.9 Å². The average molecular weight is 305 g/mol. The van der Waals surface area contributed by atoms with Crippen LogP contribution in [0.2, 0.25) is 0 Å². The van der Waals surface area contributed by atoms with Gasteiger partial charge in [0.1, 0.15) is 6.33 Å². The minimum Gasteiger partial charge on any atom is -0.348 e. The molecule has 1 saturated heterocycles. The lowest BCUT2D eigenvalue weighted by atomic mass is 9.68. The molecule has 2 heterocycles. The van der Waals surface area contributed by atoms with E-state index in [9.17, 15) is 4.79 Å². The maximum Gasteiger partial charge on any atom is 0.290 e. The molecule has 1 N–H and O–H groups in total. The van der Waals surface area contributed by atoms with Crippen molar-refractivity contribution in [3.8, 4) is 0 Å². The minimum absolute atomic E-state index is 0.179. The van der Waals surface area contributed by atoms with Gasteiger partial charge in [0.15, 0.2) is 0 Å². The summed E-state index contributed by atoms with van der Waals surface area (Å²) in [5.74, 6) is 0.0728. The number of nitrogens with one attached hydrogen (secondary N) is 1. The first-order valence-electron chi connectivity index (χ1n) is 8.53. The zero-order chi connectivity index (χ0) is 15.4. The minimum atomic E-state index is -0.179. The number of aromatic nitrogens is 3. The van der Waals surface area contributed by atoms with Gasteiger partial charge in [-0.25, -0.2) is 4.98 Å². The number of nitrogens with zero attached hydrogens (tertiary/aromatic N) is 4.